The van der Waals surface area contributed by atoms with Crippen LogP contribution in [-0.4, -0.2) is 26.6 Å². The molecule has 0 N–H and O–H groups in total. The minimum Gasteiger partial charge on any atom is -0.441 e. The van der Waals surface area contributed by atoms with Crippen molar-refractivity contribution in [1.82, 2.24) is 0 Å². The molecule has 18 heavy (non-hydrogen) atoms. The molecule has 0 heterocycles. The molecule has 0 bridgehead atoms. The summed E-state index contributed by atoms with van der Waals surface area (Å²) in [5, 5.41) is 0. The molecule has 0 aromatic heterocycles. The highest BCUT2D eigenvalue weighted by molar-refractivity contribution is 6.81. The molecule has 1 rings (SSSR count). The molecular weight excluding hydrogens is 272 g/mol. The highest BCUT2D eigenvalue weighted by atomic mass is 28.4. The summed E-state index contributed by atoms with van der Waals surface area (Å²) in [5.41, 5.74) is 3.47. The molecule has 2 nitrogen and oxygen atoms in total. The summed E-state index contributed by atoms with van der Waals surface area (Å²) in [6, 6.07) is 10.4. The average molecular weight is 297 g/mol. The van der Waals surface area contributed by atoms with E-state index >= 15 is 0 Å². The second-order valence-electron chi connectivity index (χ2n) is 5.87. The Labute approximate surface area is 115 Å². The van der Waals surface area contributed by atoms with Crippen LogP contribution >= 0.6 is 0 Å². The predicted octanol–water partition coefficient (Wildman–Crippen LogP) is 3.31. The Balaban J connectivity index is 2.47. The third-order valence-electron chi connectivity index (χ3n) is 2.40. The molecule has 0 saturated heterocycles. The van der Waals surface area contributed by atoms with Crippen molar-refractivity contribution in [3.63, 3.8) is 0 Å². The van der Waals surface area contributed by atoms with Crippen molar-refractivity contribution < 1.29 is 8.23 Å². The summed E-state index contributed by atoms with van der Waals surface area (Å²) in [6.07, 6.45) is 2.16. The lowest BCUT2D eigenvalue weighted by atomic mass is 10.2. The van der Waals surface area contributed by atoms with E-state index in [1.807, 2.05) is 6.07 Å². The SMILES string of the molecule is C[Si](C)(C)O[SiH2]O[Si](C)(C)C=Cc1ccccc1. The van der Waals surface area contributed by atoms with Crippen molar-refractivity contribution in [2.45, 2.75) is 32.7 Å². The van der Waals surface area contributed by atoms with Crippen LogP contribution < -0.4 is 0 Å². The molecule has 1 aromatic carbocycles. The van der Waals surface area contributed by atoms with Gasteiger partial charge < -0.3 is 8.23 Å². The van der Waals surface area contributed by atoms with Gasteiger partial charge in [-0.25, -0.2) is 0 Å². The topological polar surface area (TPSA) is 18.5 Å². The summed E-state index contributed by atoms with van der Waals surface area (Å²) in [6.45, 7) is 11.0. The van der Waals surface area contributed by atoms with E-state index in [1.54, 1.807) is 0 Å². The Morgan fingerprint density at radius 2 is 1.56 bits per heavy atom. The van der Waals surface area contributed by atoms with Crippen LogP contribution in [0.4, 0.5) is 0 Å². The summed E-state index contributed by atoms with van der Waals surface area (Å²) >= 11 is 0. The first kappa shape index (κ1) is 15.6. The minimum absolute atomic E-state index is 0.825. The van der Waals surface area contributed by atoms with Crippen LogP contribution in [0.25, 0.3) is 6.08 Å². The lowest BCUT2D eigenvalue weighted by Gasteiger charge is -2.23. The smallest absolute Gasteiger partial charge is 0.284 e. The Morgan fingerprint density at radius 3 is 2.11 bits per heavy atom. The van der Waals surface area contributed by atoms with E-state index < -0.39 is 26.6 Å². The van der Waals surface area contributed by atoms with E-state index in [-0.39, 0.29) is 0 Å². The molecule has 0 aliphatic rings. The quantitative estimate of drug-likeness (QED) is 0.750. The molecule has 0 atom stereocenters. The molecular formula is C13H24O2Si3. The fourth-order valence-corrected chi connectivity index (χ4v) is 5.64. The normalized spacial score (nSPS) is 13.8. The fraction of sp³-hybridized carbons (Fsp3) is 0.385. The first-order valence-corrected chi connectivity index (χ1v) is 13.9. The van der Waals surface area contributed by atoms with Crippen LogP contribution in [0.5, 0.6) is 0 Å². The second-order valence-corrected chi connectivity index (χ2v) is 16.2. The van der Waals surface area contributed by atoms with Crippen molar-refractivity contribution in [3.8, 4) is 0 Å². The molecule has 1 aromatic rings. The maximum absolute atomic E-state index is 6.03. The van der Waals surface area contributed by atoms with E-state index in [9.17, 15) is 0 Å². The van der Waals surface area contributed by atoms with Gasteiger partial charge in [0.2, 0.25) is 0 Å². The zero-order chi connectivity index (χ0) is 13.6. The van der Waals surface area contributed by atoms with Crippen molar-refractivity contribution >= 4 is 32.7 Å². The first-order valence-electron chi connectivity index (χ1n) is 6.31. The zero-order valence-electron chi connectivity index (χ0n) is 12.1. The van der Waals surface area contributed by atoms with Gasteiger partial charge in [0.1, 0.15) is 0 Å². The molecule has 5 heteroatoms. The molecule has 0 amide bonds. The predicted molar refractivity (Wildman–Crippen MR) is 87.0 cm³/mol. The van der Waals surface area contributed by atoms with Crippen molar-refractivity contribution in [1.29, 1.82) is 0 Å². The van der Waals surface area contributed by atoms with Gasteiger partial charge in [-0.1, -0.05) is 42.1 Å². The molecule has 0 spiro atoms. The van der Waals surface area contributed by atoms with Crippen LogP contribution in [0, 0.1) is 0 Å². The monoisotopic (exact) mass is 296 g/mol. The van der Waals surface area contributed by atoms with Crippen molar-refractivity contribution in [2.24, 2.45) is 0 Å². The lowest BCUT2D eigenvalue weighted by Crippen LogP contribution is -2.36. The van der Waals surface area contributed by atoms with Crippen molar-refractivity contribution in [3.05, 3.63) is 41.6 Å². The Bertz CT molecular complexity index is 383. The summed E-state index contributed by atoms with van der Waals surface area (Å²) in [7, 11) is -3.94. The first-order chi connectivity index (χ1) is 8.29. The molecule has 0 aliphatic carbocycles. The summed E-state index contributed by atoms with van der Waals surface area (Å²) < 4.78 is 11.9. The highest BCUT2D eigenvalue weighted by Crippen LogP contribution is 2.11. The molecule has 100 valence electrons. The number of benzene rings is 1. The van der Waals surface area contributed by atoms with E-state index in [0.29, 0.717) is 0 Å². The number of hydrogen-bond acceptors (Lipinski definition) is 2. The van der Waals surface area contributed by atoms with Gasteiger partial charge in [-0.2, -0.15) is 0 Å². The second kappa shape index (κ2) is 6.63. The van der Waals surface area contributed by atoms with E-state index in [1.165, 1.54) is 5.56 Å². The van der Waals surface area contributed by atoms with Crippen LogP contribution in [-0.2, 0) is 8.23 Å². The van der Waals surface area contributed by atoms with E-state index in [4.69, 9.17) is 8.23 Å². The van der Waals surface area contributed by atoms with Crippen LogP contribution in [0.2, 0.25) is 32.7 Å². The highest BCUT2D eigenvalue weighted by Gasteiger charge is 2.20. The van der Waals surface area contributed by atoms with Gasteiger partial charge in [0.05, 0.1) is 0 Å². The maximum atomic E-state index is 6.03. The van der Waals surface area contributed by atoms with Crippen LogP contribution in [0.15, 0.2) is 36.0 Å². The average Bonchev–Trinajstić information content (AvgIpc) is 2.26. The van der Waals surface area contributed by atoms with Gasteiger partial charge >= 0.3 is 0 Å². The van der Waals surface area contributed by atoms with Gasteiger partial charge in [0.15, 0.2) is 16.6 Å². The molecule has 0 unspecified atom stereocenters. The van der Waals surface area contributed by atoms with E-state index in [0.717, 1.165) is 0 Å². The number of rotatable bonds is 6. The standard InChI is InChI=1S/C13H24O2Si3/c1-17(2,3)14-16-15-18(4,5)12-11-13-9-7-6-8-10-13/h6-12H,16H2,1-5H3. The van der Waals surface area contributed by atoms with Gasteiger partial charge in [-0.3, -0.25) is 0 Å². The minimum atomic E-state index is -1.71. The lowest BCUT2D eigenvalue weighted by molar-refractivity contribution is 0.459. The molecule has 0 aliphatic heterocycles. The third-order valence-corrected chi connectivity index (χ3v) is 10.8. The third kappa shape index (κ3) is 7.07. The van der Waals surface area contributed by atoms with Crippen LogP contribution in [0.1, 0.15) is 5.56 Å². The molecule has 0 fully saturated rings. The Kier molecular flexibility index (Phi) is 5.74. The number of hydrogen-bond donors (Lipinski definition) is 0. The molecule has 0 radical (unpaired) electrons. The van der Waals surface area contributed by atoms with Crippen LogP contribution in [0.3, 0.4) is 0 Å². The van der Waals surface area contributed by atoms with Crippen molar-refractivity contribution in [2.75, 3.05) is 0 Å². The summed E-state index contributed by atoms with van der Waals surface area (Å²) in [4.78, 5) is 0. The Morgan fingerprint density at radius 1 is 0.944 bits per heavy atom. The maximum Gasteiger partial charge on any atom is 0.284 e. The van der Waals surface area contributed by atoms with Gasteiger partial charge in [-0.05, 0) is 38.3 Å². The fourth-order valence-electron chi connectivity index (χ4n) is 1.27. The van der Waals surface area contributed by atoms with E-state index in [2.05, 4.69) is 68.8 Å². The Hall–Kier alpha value is -0.469. The van der Waals surface area contributed by atoms with Gasteiger partial charge in [0.25, 0.3) is 10.0 Å². The molecule has 0 saturated carbocycles. The zero-order valence-corrected chi connectivity index (χ0v) is 15.5. The van der Waals surface area contributed by atoms with Gasteiger partial charge in [0, 0.05) is 0 Å². The summed E-state index contributed by atoms with van der Waals surface area (Å²) in [5.74, 6) is 0. The van der Waals surface area contributed by atoms with Gasteiger partial charge in [-0.15, -0.1) is 0 Å². The largest absolute Gasteiger partial charge is 0.441 e.